The van der Waals surface area contributed by atoms with Crippen LogP contribution in [0.2, 0.25) is 0 Å². The molecule has 0 saturated heterocycles. The van der Waals surface area contributed by atoms with Crippen molar-refractivity contribution < 1.29 is 14.6 Å². The van der Waals surface area contributed by atoms with E-state index >= 15 is 0 Å². The molecule has 2 rings (SSSR count). The number of fused-ring (bicyclic) bond motifs is 1. The van der Waals surface area contributed by atoms with Crippen LogP contribution in [0.3, 0.4) is 0 Å². The molecule has 1 aliphatic carbocycles. The van der Waals surface area contributed by atoms with Crippen molar-refractivity contribution in [3.63, 3.8) is 0 Å². The second-order valence-corrected chi connectivity index (χ2v) is 4.89. The summed E-state index contributed by atoms with van der Waals surface area (Å²) >= 11 is 0. The van der Waals surface area contributed by atoms with Gasteiger partial charge < -0.3 is 14.7 Å². The number of nitrogens with zero attached hydrogens (tertiary/aromatic N) is 2. The maximum atomic E-state index is 11.4. The number of carbonyl (C=O) groups is 1. The summed E-state index contributed by atoms with van der Waals surface area (Å²) in [5.74, 6) is -0.333. The minimum absolute atomic E-state index is 0.306. The van der Waals surface area contributed by atoms with Gasteiger partial charge in [-0.05, 0) is 37.3 Å². The number of aromatic nitrogens is 1. The molecule has 0 atom stereocenters. The fourth-order valence-electron chi connectivity index (χ4n) is 2.46. The Morgan fingerprint density at radius 3 is 3.00 bits per heavy atom. The van der Waals surface area contributed by atoms with Gasteiger partial charge in [0.25, 0.3) is 0 Å². The SMILES string of the molecule is COCCCN(C)c1nc2c(cc1C(=O)O)CCC2. The molecule has 104 valence electrons. The molecule has 0 amide bonds. The van der Waals surface area contributed by atoms with Crippen molar-refractivity contribution in [2.24, 2.45) is 0 Å². The van der Waals surface area contributed by atoms with E-state index in [2.05, 4.69) is 4.98 Å². The van der Waals surface area contributed by atoms with Gasteiger partial charge in [-0.25, -0.2) is 9.78 Å². The second-order valence-electron chi connectivity index (χ2n) is 4.89. The molecule has 0 aromatic carbocycles. The number of aromatic carboxylic acids is 1. The maximum Gasteiger partial charge on any atom is 0.339 e. The van der Waals surface area contributed by atoms with Crippen LogP contribution in [0.15, 0.2) is 6.07 Å². The van der Waals surface area contributed by atoms with E-state index in [9.17, 15) is 9.90 Å². The van der Waals surface area contributed by atoms with Crippen LogP contribution in [0.4, 0.5) is 5.82 Å². The fourth-order valence-corrected chi connectivity index (χ4v) is 2.46. The molecule has 0 fully saturated rings. The third-order valence-corrected chi connectivity index (χ3v) is 3.46. The van der Waals surface area contributed by atoms with Crippen LogP contribution in [0, 0.1) is 0 Å². The van der Waals surface area contributed by atoms with Gasteiger partial charge in [-0.15, -0.1) is 0 Å². The number of carboxylic acids is 1. The first-order chi connectivity index (χ1) is 9.13. The van der Waals surface area contributed by atoms with E-state index in [0.717, 1.165) is 43.5 Å². The van der Waals surface area contributed by atoms with Gasteiger partial charge in [-0.1, -0.05) is 0 Å². The van der Waals surface area contributed by atoms with Crippen LogP contribution >= 0.6 is 0 Å². The molecule has 1 N–H and O–H groups in total. The number of anilines is 1. The number of rotatable bonds is 6. The summed E-state index contributed by atoms with van der Waals surface area (Å²) in [7, 11) is 3.54. The Bertz CT molecular complexity index is 474. The Morgan fingerprint density at radius 1 is 1.53 bits per heavy atom. The molecule has 1 aromatic rings. The lowest BCUT2D eigenvalue weighted by Gasteiger charge is -2.21. The van der Waals surface area contributed by atoms with E-state index in [0.29, 0.717) is 18.0 Å². The van der Waals surface area contributed by atoms with Gasteiger partial charge in [0.15, 0.2) is 0 Å². The highest BCUT2D eigenvalue weighted by atomic mass is 16.5. The highest BCUT2D eigenvalue weighted by Crippen LogP contribution is 2.27. The largest absolute Gasteiger partial charge is 0.478 e. The van der Waals surface area contributed by atoms with E-state index in [1.807, 2.05) is 11.9 Å². The number of hydrogen-bond acceptors (Lipinski definition) is 4. The molecule has 0 saturated carbocycles. The molecule has 5 nitrogen and oxygen atoms in total. The number of pyridine rings is 1. The maximum absolute atomic E-state index is 11.4. The Balaban J connectivity index is 2.24. The van der Waals surface area contributed by atoms with Gasteiger partial charge in [0, 0.05) is 33.0 Å². The monoisotopic (exact) mass is 264 g/mol. The van der Waals surface area contributed by atoms with Crippen LogP contribution in [0.5, 0.6) is 0 Å². The first-order valence-corrected chi connectivity index (χ1v) is 6.59. The summed E-state index contributed by atoms with van der Waals surface area (Å²) in [6.07, 6.45) is 3.81. The topological polar surface area (TPSA) is 62.7 Å². The Hall–Kier alpha value is -1.62. The Kier molecular flexibility index (Phi) is 4.37. The molecule has 0 spiro atoms. The van der Waals surface area contributed by atoms with Crippen molar-refractivity contribution in [1.29, 1.82) is 0 Å². The van der Waals surface area contributed by atoms with Gasteiger partial charge in [-0.2, -0.15) is 0 Å². The summed E-state index contributed by atoms with van der Waals surface area (Å²) in [5, 5.41) is 9.33. The summed E-state index contributed by atoms with van der Waals surface area (Å²) in [5.41, 5.74) is 2.45. The molecule has 0 aliphatic heterocycles. The molecule has 19 heavy (non-hydrogen) atoms. The minimum Gasteiger partial charge on any atom is -0.478 e. The molecule has 5 heteroatoms. The second kappa shape index (κ2) is 6.02. The molecule has 1 aromatic heterocycles. The first kappa shape index (κ1) is 13.8. The zero-order valence-electron chi connectivity index (χ0n) is 11.5. The third-order valence-electron chi connectivity index (χ3n) is 3.46. The Labute approximate surface area is 113 Å². The predicted octanol–water partition coefficient (Wildman–Crippen LogP) is 1.74. The summed E-state index contributed by atoms with van der Waals surface area (Å²) < 4.78 is 5.02. The van der Waals surface area contributed by atoms with E-state index in [1.54, 1.807) is 13.2 Å². The standard InChI is InChI=1S/C14H20N2O3/c1-16(7-4-8-19-2)13-11(14(17)18)9-10-5-3-6-12(10)15-13/h9H,3-8H2,1-2H3,(H,17,18). The van der Waals surface area contributed by atoms with E-state index in [1.165, 1.54) is 0 Å². The summed E-state index contributed by atoms with van der Waals surface area (Å²) in [6.45, 7) is 1.40. The number of methoxy groups -OCH3 is 1. The van der Waals surface area contributed by atoms with Gasteiger partial charge in [-0.3, -0.25) is 0 Å². The Morgan fingerprint density at radius 2 is 2.32 bits per heavy atom. The quantitative estimate of drug-likeness (QED) is 0.793. The zero-order chi connectivity index (χ0) is 13.8. The molecule has 0 bridgehead atoms. The lowest BCUT2D eigenvalue weighted by Crippen LogP contribution is -2.24. The minimum atomic E-state index is -0.907. The van der Waals surface area contributed by atoms with Gasteiger partial charge in [0.05, 0.1) is 0 Å². The van der Waals surface area contributed by atoms with Crippen molar-refractivity contribution in [2.75, 3.05) is 32.2 Å². The van der Waals surface area contributed by atoms with Crippen molar-refractivity contribution in [2.45, 2.75) is 25.7 Å². The first-order valence-electron chi connectivity index (χ1n) is 6.59. The number of aryl methyl sites for hydroxylation is 2. The number of hydrogen-bond donors (Lipinski definition) is 1. The lowest BCUT2D eigenvalue weighted by molar-refractivity contribution is 0.0697. The average molecular weight is 264 g/mol. The van der Waals surface area contributed by atoms with Crippen LogP contribution in [-0.2, 0) is 17.6 Å². The van der Waals surface area contributed by atoms with Gasteiger partial charge in [0.2, 0.25) is 0 Å². The normalized spacial score (nSPS) is 13.4. The third kappa shape index (κ3) is 3.04. The van der Waals surface area contributed by atoms with Crippen molar-refractivity contribution in [3.05, 3.63) is 22.9 Å². The molecule has 1 aliphatic rings. The van der Waals surface area contributed by atoms with E-state index in [4.69, 9.17) is 4.74 Å². The highest BCUT2D eigenvalue weighted by Gasteiger charge is 2.21. The molecular weight excluding hydrogens is 244 g/mol. The van der Waals surface area contributed by atoms with E-state index < -0.39 is 5.97 Å². The van der Waals surface area contributed by atoms with Crippen LogP contribution < -0.4 is 4.90 Å². The fraction of sp³-hybridized carbons (Fsp3) is 0.571. The summed E-state index contributed by atoms with van der Waals surface area (Å²) in [4.78, 5) is 17.8. The van der Waals surface area contributed by atoms with Gasteiger partial charge >= 0.3 is 5.97 Å². The number of carboxylic acid groups (broad SMARTS) is 1. The van der Waals surface area contributed by atoms with E-state index in [-0.39, 0.29) is 0 Å². The highest BCUT2D eigenvalue weighted by molar-refractivity contribution is 5.93. The van der Waals surface area contributed by atoms with Crippen LogP contribution in [-0.4, -0.2) is 43.4 Å². The lowest BCUT2D eigenvalue weighted by atomic mass is 10.1. The van der Waals surface area contributed by atoms with Gasteiger partial charge in [0.1, 0.15) is 11.4 Å². The molecular formula is C14H20N2O3. The average Bonchev–Trinajstić information content (AvgIpc) is 2.84. The van der Waals surface area contributed by atoms with Crippen LogP contribution in [0.1, 0.15) is 34.5 Å². The molecule has 0 unspecified atom stereocenters. The number of ether oxygens (including phenoxy) is 1. The van der Waals surface area contributed by atoms with Crippen molar-refractivity contribution in [3.8, 4) is 0 Å². The predicted molar refractivity (Wildman–Crippen MR) is 73.0 cm³/mol. The summed E-state index contributed by atoms with van der Waals surface area (Å²) in [6, 6.07) is 1.79. The zero-order valence-corrected chi connectivity index (χ0v) is 11.5. The van der Waals surface area contributed by atoms with Crippen LogP contribution in [0.25, 0.3) is 0 Å². The van der Waals surface area contributed by atoms with Crippen molar-refractivity contribution in [1.82, 2.24) is 4.98 Å². The molecule has 1 heterocycles. The smallest absolute Gasteiger partial charge is 0.339 e. The van der Waals surface area contributed by atoms with Crippen molar-refractivity contribution >= 4 is 11.8 Å². The molecule has 0 radical (unpaired) electrons.